The summed E-state index contributed by atoms with van der Waals surface area (Å²) in [5.41, 5.74) is 0.141. The summed E-state index contributed by atoms with van der Waals surface area (Å²) >= 11 is 0. The van der Waals surface area contributed by atoms with Crippen LogP contribution in [-0.2, 0) is 26.2 Å². The predicted octanol–water partition coefficient (Wildman–Crippen LogP) is 2.67. The van der Waals surface area contributed by atoms with Crippen molar-refractivity contribution < 1.29 is 26.8 Å². The van der Waals surface area contributed by atoms with Gasteiger partial charge in [-0.15, -0.1) is 0 Å². The van der Waals surface area contributed by atoms with Crippen LogP contribution in [0.3, 0.4) is 0 Å². The van der Waals surface area contributed by atoms with E-state index >= 15 is 0 Å². The molecule has 2 aromatic carbocycles. The lowest BCUT2D eigenvalue weighted by Crippen LogP contribution is -2.51. The summed E-state index contributed by atoms with van der Waals surface area (Å²) in [5.74, 6) is -2.41. The Kier molecular flexibility index (Phi) is 8.71. The van der Waals surface area contributed by atoms with Crippen LogP contribution in [0.5, 0.6) is 0 Å². The lowest BCUT2D eigenvalue weighted by atomic mass is 10.1. The Morgan fingerprint density at radius 2 is 1.78 bits per heavy atom. The van der Waals surface area contributed by atoms with Gasteiger partial charge >= 0.3 is 0 Å². The van der Waals surface area contributed by atoms with Gasteiger partial charge in [-0.1, -0.05) is 31.2 Å². The first-order valence-corrected chi connectivity index (χ1v) is 11.9. The summed E-state index contributed by atoms with van der Waals surface area (Å²) in [6, 6.07) is 9.63. The van der Waals surface area contributed by atoms with Crippen LogP contribution >= 0.6 is 0 Å². The summed E-state index contributed by atoms with van der Waals surface area (Å²) in [5, 5.41) is 2.68. The normalized spacial score (nSPS) is 12.2. The van der Waals surface area contributed by atoms with Gasteiger partial charge in [-0.05, 0) is 37.6 Å². The monoisotopic (exact) mass is 467 g/mol. The minimum Gasteiger partial charge on any atom is -0.354 e. The van der Waals surface area contributed by atoms with Gasteiger partial charge in [0.2, 0.25) is 21.8 Å². The molecular formula is C22H27F2N3O4S. The van der Waals surface area contributed by atoms with Gasteiger partial charge in [0.05, 0.1) is 11.9 Å². The minimum absolute atomic E-state index is 0.0326. The predicted molar refractivity (Wildman–Crippen MR) is 118 cm³/mol. The molecule has 1 N–H and O–H groups in total. The molecule has 174 valence electrons. The van der Waals surface area contributed by atoms with Crippen LogP contribution in [0.15, 0.2) is 48.5 Å². The molecule has 2 rings (SSSR count). The van der Waals surface area contributed by atoms with Crippen molar-refractivity contribution in [1.29, 1.82) is 0 Å². The first-order valence-electron chi connectivity index (χ1n) is 10.1. The third kappa shape index (κ3) is 6.74. The molecule has 7 nitrogen and oxygen atoms in total. The molecular weight excluding hydrogens is 440 g/mol. The number of nitrogens with zero attached hydrogens (tertiary/aromatic N) is 2. The highest BCUT2D eigenvalue weighted by atomic mass is 32.2. The van der Waals surface area contributed by atoms with E-state index in [1.165, 1.54) is 37.3 Å². The van der Waals surface area contributed by atoms with Crippen molar-refractivity contribution in [2.45, 2.75) is 32.9 Å². The van der Waals surface area contributed by atoms with E-state index in [0.29, 0.717) is 13.0 Å². The van der Waals surface area contributed by atoms with E-state index in [-0.39, 0.29) is 17.8 Å². The second kappa shape index (κ2) is 11.0. The number of carbonyl (C=O) groups is 2. The van der Waals surface area contributed by atoms with E-state index in [9.17, 15) is 26.8 Å². The first kappa shape index (κ1) is 25.3. The summed E-state index contributed by atoms with van der Waals surface area (Å²) in [6.45, 7) is 2.83. The van der Waals surface area contributed by atoms with Gasteiger partial charge in [0.1, 0.15) is 24.2 Å². The SMILES string of the molecule is CCCNC(=O)[C@H](C)N(Cc1ccccc1F)C(=O)CN(c1cccc(F)c1)S(C)(=O)=O. The fraction of sp³-hybridized carbons (Fsp3) is 0.364. The van der Waals surface area contributed by atoms with E-state index < -0.39 is 46.1 Å². The number of anilines is 1. The topological polar surface area (TPSA) is 86.8 Å². The molecule has 0 bridgehead atoms. The van der Waals surface area contributed by atoms with Gasteiger partial charge in [0.25, 0.3) is 0 Å². The number of nitrogens with one attached hydrogen (secondary N) is 1. The van der Waals surface area contributed by atoms with Gasteiger partial charge in [0, 0.05) is 18.7 Å². The highest BCUT2D eigenvalue weighted by Crippen LogP contribution is 2.20. The third-order valence-electron chi connectivity index (χ3n) is 4.79. The molecule has 0 heterocycles. The fourth-order valence-electron chi connectivity index (χ4n) is 3.03. The van der Waals surface area contributed by atoms with Crippen molar-refractivity contribution in [3.05, 3.63) is 65.7 Å². The molecule has 2 aromatic rings. The number of amides is 2. The standard InChI is InChI=1S/C22H27F2N3O4S/c1-4-12-25-22(29)16(2)26(14-17-8-5-6-11-20(17)24)21(28)15-27(32(3,30)31)19-10-7-9-18(23)13-19/h5-11,13,16H,4,12,14-15H2,1-3H3,(H,25,29)/t16-/m0/s1. The molecule has 10 heteroatoms. The Labute approximate surface area is 187 Å². The Balaban J connectivity index is 2.38. The van der Waals surface area contributed by atoms with Crippen LogP contribution in [0.4, 0.5) is 14.5 Å². The van der Waals surface area contributed by atoms with E-state index in [1.54, 1.807) is 6.07 Å². The second-order valence-corrected chi connectivity index (χ2v) is 9.24. The molecule has 0 aliphatic carbocycles. The second-order valence-electron chi connectivity index (χ2n) is 7.33. The van der Waals surface area contributed by atoms with Gasteiger partial charge in [-0.2, -0.15) is 0 Å². The summed E-state index contributed by atoms with van der Waals surface area (Å²) < 4.78 is 53.4. The first-order chi connectivity index (χ1) is 15.0. The minimum atomic E-state index is -3.96. The average Bonchev–Trinajstić information content (AvgIpc) is 2.73. The van der Waals surface area contributed by atoms with E-state index in [0.717, 1.165) is 27.6 Å². The Morgan fingerprint density at radius 3 is 2.38 bits per heavy atom. The van der Waals surface area contributed by atoms with E-state index in [4.69, 9.17) is 0 Å². The lowest BCUT2D eigenvalue weighted by molar-refractivity contribution is -0.139. The highest BCUT2D eigenvalue weighted by molar-refractivity contribution is 7.92. The zero-order valence-electron chi connectivity index (χ0n) is 18.2. The molecule has 0 saturated heterocycles. The highest BCUT2D eigenvalue weighted by Gasteiger charge is 2.30. The van der Waals surface area contributed by atoms with Crippen LogP contribution in [0, 0.1) is 11.6 Å². The molecule has 0 aromatic heterocycles. The third-order valence-corrected chi connectivity index (χ3v) is 5.93. The van der Waals surface area contributed by atoms with Gasteiger partial charge < -0.3 is 10.2 Å². The maximum atomic E-state index is 14.3. The van der Waals surface area contributed by atoms with Crippen molar-refractivity contribution in [3.8, 4) is 0 Å². The smallest absolute Gasteiger partial charge is 0.244 e. The van der Waals surface area contributed by atoms with Gasteiger partial charge in [0.15, 0.2) is 0 Å². The van der Waals surface area contributed by atoms with Gasteiger partial charge in [-0.25, -0.2) is 17.2 Å². The van der Waals surface area contributed by atoms with Crippen molar-refractivity contribution in [1.82, 2.24) is 10.2 Å². The number of hydrogen-bond donors (Lipinski definition) is 1. The molecule has 0 aliphatic heterocycles. The number of carbonyl (C=O) groups excluding carboxylic acids is 2. The molecule has 0 aliphatic rings. The van der Waals surface area contributed by atoms with E-state index in [2.05, 4.69) is 5.32 Å². The quantitative estimate of drug-likeness (QED) is 0.582. The summed E-state index contributed by atoms with van der Waals surface area (Å²) in [7, 11) is -3.96. The number of benzene rings is 2. The maximum Gasteiger partial charge on any atom is 0.244 e. The van der Waals surface area contributed by atoms with Crippen LogP contribution in [0.2, 0.25) is 0 Å². The van der Waals surface area contributed by atoms with Crippen LogP contribution < -0.4 is 9.62 Å². The van der Waals surface area contributed by atoms with Crippen LogP contribution in [0.1, 0.15) is 25.8 Å². The number of rotatable bonds is 10. The molecule has 1 atom stereocenters. The largest absolute Gasteiger partial charge is 0.354 e. The molecule has 0 radical (unpaired) electrons. The molecule has 0 saturated carbocycles. The van der Waals surface area contributed by atoms with Crippen molar-refractivity contribution in [2.75, 3.05) is 23.7 Å². The van der Waals surface area contributed by atoms with Crippen LogP contribution in [0.25, 0.3) is 0 Å². The molecule has 32 heavy (non-hydrogen) atoms. The molecule has 0 spiro atoms. The van der Waals surface area contributed by atoms with Gasteiger partial charge in [-0.3, -0.25) is 13.9 Å². The molecule has 0 unspecified atom stereocenters. The zero-order chi connectivity index (χ0) is 23.9. The lowest BCUT2D eigenvalue weighted by Gasteiger charge is -2.31. The van der Waals surface area contributed by atoms with Crippen molar-refractivity contribution >= 4 is 27.5 Å². The van der Waals surface area contributed by atoms with E-state index in [1.807, 2.05) is 6.92 Å². The Morgan fingerprint density at radius 1 is 1.09 bits per heavy atom. The maximum absolute atomic E-state index is 14.3. The molecule has 0 fully saturated rings. The Hall–Kier alpha value is -3.01. The number of sulfonamides is 1. The van der Waals surface area contributed by atoms with Crippen molar-refractivity contribution in [2.24, 2.45) is 0 Å². The summed E-state index contributed by atoms with van der Waals surface area (Å²) in [4.78, 5) is 26.9. The average molecular weight is 468 g/mol. The zero-order valence-corrected chi connectivity index (χ0v) is 19.0. The number of halogens is 2. The van der Waals surface area contributed by atoms with Crippen molar-refractivity contribution in [3.63, 3.8) is 0 Å². The number of hydrogen-bond acceptors (Lipinski definition) is 4. The molecule has 2 amide bonds. The fourth-order valence-corrected chi connectivity index (χ4v) is 3.88. The summed E-state index contributed by atoms with van der Waals surface area (Å²) in [6.07, 6.45) is 1.57. The van der Waals surface area contributed by atoms with Crippen LogP contribution in [-0.4, -0.2) is 50.5 Å². The Bertz CT molecular complexity index is 1060.